The lowest BCUT2D eigenvalue weighted by Crippen LogP contribution is -2.34. The van der Waals surface area contributed by atoms with Gasteiger partial charge in [-0.05, 0) is 67.5 Å². The summed E-state index contributed by atoms with van der Waals surface area (Å²) in [5, 5.41) is 5.89. The van der Waals surface area contributed by atoms with Crippen molar-refractivity contribution in [1.29, 1.82) is 0 Å². The van der Waals surface area contributed by atoms with Crippen molar-refractivity contribution >= 4 is 44.9 Å². The van der Waals surface area contributed by atoms with Crippen LogP contribution in [-0.4, -0.2) is 37.4 Å². The number of ether oxygens (including phenoxy) is 3. The first-order chi connectivity index (χ1) is 14.4. The van der Waals surface area contributed by atoms with Crippen LogP contribution < -0.4 is 20.1 Å². The Kier molecular flexibility index (Phi) is 10.1. The van der Waals surface area contributed by atoms with E-state index in [1.165, 1.54) is 0 Å². The van der Waals surface area contributed by atoms with Gasteiger partial charge in [-0.15, -0.1) is 0 Å². The molecule has 0 radical (unpaired) electrons. The first-order valence-corrected chi connectivity index (χ1v) is 10.9. The van der Waals surface area contributed by atoms with E-state index in [2.05, 4.69) is 26.6 Å². The highest BCUT2D eigenvalue weighted by Crippen LogP contribution is 2.24. The molecule has 0 aliphatic carbocycles. The van der Waals surface area contributed by atoms with Crippen LogP contribution in [0.2, 0.25) is 0 Å². The number of benzene rings is 2. The second-order valence-corrected chi connectivity index (χ2v) is 8.15. The van der Waals surface area contributed by atoms with Gasteiger partial charge >= 0.3 is 0 Å². The summed E-state index contributed by atoms with van der Waals surface area (Å²) in [6.07, 6.45) is 0. The van der Waals surface area contributed by atoms with Gasteiger partial charge in [-0.2, -0.15) is 0 Å². The van der Waals surface area contributed by atoms with Gasteiger partial charge in [0.15, 0.2) is 5.11 Å². The van der Waals surface area contributed by atoms with E-state index >= 15 is 0 Å². The van der Waals surface area contributed by atoms with Gasteiger partial charge in [0.05, 0.1) is 18.8 Å². The predicted molar refractivity (Wildman–Crippen MR) is 127 cm³/mol. The summed E-state index contributed by atoms with van der Waals surface area (Å²) >= 11 is 8.68. The highest BCUT2D eigenvalue weighted by molar-refractivity contribution is 9.10. The molecular weight excluding hydrogens is 468 g/mol. The van der Waals surface area contributed by atoms with Crippen molar-refractivity contribution in [2.24, 2.45) is 5.92 Å². The van der Waals surface area contributed by atoms with Gasteiger partial charge in [-0.3, -0.25) is 10.1 Å². The zero-order valence-corrected chi connectivity index (χ0v) is 19.8. The minimum Gasteiger partial charge on any atom is -0.492 e. The summed E-state index contributed by atoms with van der Waals surface area (Å²) < 4.78 is 17.4. The molecule has 2 rings (SSSR count). The van der Waals surface area contributed by atoms with Gasteiger partial charge in [0.25, 0.3) is 5.91 Å². The molecule has 6 nitrogen and oxygen atoms in total. The number of halogens is 1. The van der Waals surface area contributed by atoms with Crippen LogP contribution in [0, 0.1) is 5.92 Å². The van der Waals surface area contributed by atoms with Gasteiger partial charge in [-0.25, -0.2) is 0 Å². The van der Waals surface area contributed by atoms with Crippen molar-refractivity contribution in [3.05, 3.63) is 52.5 Å². The zero-order chi connectivity index (χ0) is 21.9. The summed E-state index contributed by atoms with van der Waals surface area (Å²) in [6, 6.07) is 12.6. The zero-order valence-electron chi connectivity index (χ0n) is 17.4. The van der Waals surface area contributed by atoms with Crippen LogP contribution in [0.4, 0.5) is 5.69 Å². The fourth-order valence-electron chi connectivity index (χ4n) is 2.39. The Morgan fingerprint density at radius 3 is 2.50 bits per heavy atom. The minimum absolute atomic E-state index is 0.194. The fourth-order valence-corrected chi connectivity index (χ4v) is 2.96. The third-order valence-corrected chi connectivity index (χ3v) is 4.50. The maximum atomic E-state index is 12.7. The first-order valence-electron chi connectivity index (χ1n) is 9.74. The number of rotatable bonds is 10. The molecule has 2 aromatic carbocycles. The molecule has 2 N–H and O–H groups in total. The summed E-state index contributed by atoms with van der Waals surface area (Å²) in [5.74, 6) is 1.25. The lowest BCUT2D eigenvalue weighted by molar-refractivity contribution is 0.0973. The number of anilines is 1. The van der Waals surface area contributed by atoms with Gasteiger partial charge in [0.2, 0.25) is 0 Å². The standard InChI is InChI=1S/C22H27BrN2O4S/c1-4-27-11-12-28-18-8-6-17(7-9-18)24-22(30)25-21(26)19-13-16(23)5-10-20(19)29-14-15(2)3/h5-10,13,15H,4,11-12,14H2,1-3H3,(H2,24,25,26,30). The topological polar surface area (TPSA) is 68.8 Å². The lowest BCUT2D eigenvalue weighted by atomic mass is 10.2. The first kappa shape index (κ1) is 24.1. The Morgan fingerprint density at radius 1 is 1.10 bits per heavy atom. The molecule has 162 valence electrons. The number of nitrogens with one attached hydrogen (secondary N) is 2. The Balaban J connectivity index is 1.93. The Bertz CT molecular complexity index is 844. The van der Waals surface area contributed by atoms with E-state index in [0.717, 1.165) is 15.9 Å². The van der Waals surface area contributed by atoms with Gasteiger partial charge in [0, 0.05) is 16.8 Å². The molecule has 0 saturated heterocycles. The Labute approximate surface area is 191 Å². The van der Waals surface area contributed by atoms with Crippen molar-refractivity contribution < 1.29 is 19.0 Å². The van der Waals surface area contributed by atoms with Gasteiger partial charge < -0.3 is 19.5 Å². The van der Waals surface area contributed by atoms with Gasteiger partial charge in [0.1, 0.15) is 18.1 Å². The van der Waals surface area contributed by atoms with Crippen molar-refractivity contribution in [1.82, 2.24) is 5.32 Å². The molecule has 30 heavy (non-hydrogen) atoms. The van der Waals surface area contributed by atoms with Crippen LogP contribution in [0.1, 0.15) is 31.1 Å². The molecular formula is C22H27BrN2O4S. The molecule has 0 saturated carbocycles. The van der Waals surface area contributed by atoms with Crippen molar-refractivity contribution in [2.45, 2.75) is 20.8 Å². The molecule has 0 fully saturated rings. The van der Waals surface area contributed by atoms with Crippen molar-refractivity contribution in [2.75, 3.05) is 31.7 Å². The maximum Gasteiger partial charge on any atom is 0.261 e. The molecule has 0 aliphatic rings. The average molecular weight is 495 g/mol. The van der Waals surface area contributed by atoms with Crippen molar-refractivity contribution in [3.63, 3.8) is 0 Å². The molecule has 0 unspecified atom stereocenters. The SMILES string of the molecule is CCOCCOc1ccc(NC(=S)NC(=O)c2cc(Br)ccc2OCC(C)C)cc1. The minimum atomic E-state index is -0.344. The van der Waals surface area contributed by atoms with Crippen molar-refractivity contribution in [3.8, 4) is 11.5 Å². The van der Waals surface area contributed by atoms with Crippen LogP contribution in [-0.2, 0) is 4.74 Å². The highest BCUT2D eigenvalue weighted by atomic mass is 79.9. The molecule has 0 aliphatic heterocycles. The molecule has 0 bridgehead atoms. The summed E-state index contributed by atoms with van der Waals surface area (Å²) in [7, 11) is 0. The Morgan fingerprint density at radius 2 is 1.83 bits per heavy atom. The van der Waals surface area contributed by atoms with Crippen LogP contribution in [0.25, 0.3) is 0 Å². The van der Waals surface area contributed by atoms with Gasteiger partial charge in [-0.1, -0.05) is 29.8 Å². The van der Waals surface area contributed by atoms with Crippen LogP contribution in [0.5, 0.6) is 11.5 Å². The second-order valence-electron chi connectivity index (χ2n) is 6.82. The number of thiocarbonyl (C=S) groups is 1. The van der Waals surface area contributed by atoms with E-state index in [0.29, 0.717) is 43.7 Å². The maximum absolute atomic E-state index is 12.7. The van der Waals surface area contributed by atoms with E-state index in [9.17, 15) is 4.79 Å². The number of hydrogen-bond acceptors (Lipinski definition) is 5. The number of carbonyl (C=O) groups is 1. The molecule has 1 amide bonds. The molecule has 0 heterocycles. The van der Waals surface area contributed by atoms with E-state index in [-0.39, 0.29) is 11.0 Å². The Hall–Kier alpha value is -2.16. The second kappa shape index (κ2) is 12.5. The third kappa shape index (κ3) is 8.30. The molecule has 2 aromatic rings. The number of carbonyl (C=O) groups excluding carboxylic acids is 1. The van der Waals surface area contributed by atoms with E-state index in [1.807, 2.05) is 51.1 Å². The predicted octanol–water partition coefficient (Wildman–Crippen LogP) is 5.03. The van der Waals surface area contributed by atoms with E-state index in [4.69, 9.17) is 26.4 Å². The fraction of sp³-hybridized carbons (Fsp3) is 0.364. The third-order valence-electron chi connectivity index (χ3n) is 3.80. The van der Waals surface area contributed by atoms with Crippen LogP contribution >= 0.6 is 28.1 Å². The van der Waals surface area contributed by atoms with E-state index < -0.39 is 0 Å². The number of amides is 1. The normalized spacial score (nSPS) is 10.6. The number of hydrogen-bond donors (Lipinski definition) is 2. The van der Waals surface area contributed by atoms with E-state index in [1.54, 1.807) is 12.1 Å². The van der Waals surface area contributed by atoms with Crippen LogP contribution in [0.15, 0.2) is 46.9 Å². The summed E-state index contributed by atoms with van der Waals surface area (Å²) in [6.45, 7) is 8.26. The quantitative estimate of drug-likeness (QED) is 0.356. The molecule has 0 atom stereocenters. The average Bonchev–Trinajstić information content (AvgIpc) is 2.71. The summed E-state index contributed by atoms with van der Waals surface area (Å²) in [5.41, 5.74) is 1.15. The smallest absolute Gasteiger partial charge is 0.261 e. The molecule has 0 aromatic heterocycles. The monoisotopic (exact) mass is 494 g/mol. The van der Waals surface area contributed by atoms with Crippen LogP contribution in [0.3, 0.4) is 0 Å². The molecule has 8 heteroatoms. The molecule has 0 spiro atoms. The summed E-state index contributed by atoms with van der Waals surface area (Å²) in [4.78, 5) is 12.7. The highest BCUT2D eigenvalue weighted by Gasteiger charge is 2.15. The lowest BCUT2D eigenvalue weighted by Gasteiger charge is -2.15. The largest absolute Gasteiger partial charge is 0.492 e.